The summed E-state index contributed by atoms with van der Waals surface area (Å²) < 4.78 is 5.26. The monoisotopic (exact) mass is 376 g/mol. The minimum Gasteiger partial charge on any atom is -0.474 e. The van der Waals surface area contributed by atoms with E-state index in [4.69, 9.17) is 9.84 Å². The van der Waals surface area contributed by atoms with Gasteiger partial charge in [0.1, 0.15) is 5.60 Å². The largest absolute Gasteiger partial charge is 0.474 e. The van der Waals surface area contributed by atoms with Crippen molar-refractivity contribution >= 4 is 23.7 Å². The van der Waals surface area contributed by atoms with E-state index in [1.54, 1.807) is 12.1 Å². The Bertz CT molecular complexity index is 671. The molecule has 1 aromatic rings. The fraction of sp³-hybridized carbons (Fsp3) is 0.550. The van der Waals surface area contributed by atoms with E-state index >= 15 is 0 Å². The molecule has 2 rings (SSSR count). The molecule has 1 aromatic carbocycles. The first-order valence-corrected chi connectivity index (χ1v) is 9.25. The summed E-state index contributed by atoms with van der Waals surface area (Å²) in [7, 11) is 0. The molecule has 1 saturated carbocycles. The average Bonchev–Trinajstić information content (AvgIpc) is 2.59. The van der Waals surface area contributed by atoms with E-state index in [0.717, 1.165) is 25.7 Å². The highest BCUT2D eigenvalue weighted by Crippen LogP contribution is 2.35. The highest BCUT2D eigenvalue weighted by atomic mass is 16.6. The summed E-state index contributed by atoms with van der Waals surface area (Å²) in [5.41, 5.74) is 1.17. The molecule has 0 heterocycles. The van der Waals surface area contributed by atoms with Gasteiger partial charge in [0.25, 0.3) is 0 Å². The van der Waals surface area contributed by atoms with Gasteiger partial charge in [0.05, 0.1) is 0 Å². The smallest absolute Gasteiger partial charge is 0.407 e. The number of hydrogen-bond acceptors (Lipinski definition) is 4. The number of hydrogen-bond donors (Lipinski definition) is 3. The Kier molecular flexibility index (Phi) is 6.82. The van der Waals surface area contributed by atoms with Gasteiger partial charge in [0.15, 0.2) is 0 Å². The van der Waals surface area contributed by atoms with Gasteiger partial charge in [-0.25, -0.2) is 9.59 Å². The zero-order valence-electron chi connectivity index (χ0n) is 16.1. The number of nitrogens with one attached hydrogen (secondary N) is 2. The lowest BCUT2D eigenvalue weighted by Gasteiger charge is -2.29. The van der Waals surface area contributed by atoms with E-state index in [1.807, 2.05) is 32.9 Å². The first kappa shape index (κ1) is 20.7. The molecule has 0 unspecified atom stereocenters. The summed E-state index contributed by atoms with van der Waals surface area (Å²) in [6, 6.07) is 7.32. The van der Waals surface area contributed by atoms with Gasteiger partial charge < -0.3 is 20.5 Å². The van der Waals surface area contributed by atoms with Crippen molar-refractivity contribution in [2.45, 2.75) is 58.0 Å². The number of rotatable bonds is 4. The van der Waals surface area contributed by atoms with Crippen LogP contribution in [0.3, 0.4) is 0 Å². The molecule has 0 saturated heterocycles. The molecule has 3 N–H and O–H groups in total. The van der Waals surface area contributed by atoms with Crippen molar-refractivity contribution in [2.24, 2.45) is 5.92 Å². The minimum absolute atomic E-state index is 0.372. The third kappa shape index (κ3) is 6.92. The molecule has 0 atom stereocenters. The van der Waals surface area contributed by atoms with Crippen molar-refractivity contribution in [3.8, 4) is 0 Å². The van der Waals surface area contributed by atoms with Crippen LogP contribution in [0.15, 0.2) is 24.3 Å². The number of benzene rings is 1. The van der Waals surface area contributed by atoms with Crippen LogP contribution in [-0.2, 0) is 14.3 Å². The fourth-order valence-electron chi connectivity index (χ4n) is 3.26. The van der Waals surface area contributed by atoms with Crippen LogP contribution in [0, 0.1) is 5.92 Å². The molecule has 1 fully saturated rings. The molecule has 0 aliphatic heterocycles. The second-order valence-electron chi connectivity index (χ2n) is 7.98. The van der Waals surface area contributed by atoms with E-state index in [0.29, 0.717) is 24.1 Å². The van der Waals surface area contributed by atoms with Crippen LogP contribution >= 0.6 is 0 Å². The summed E-state index contributed by atoms with van der Waals surface area (Å²) in [4.78, 5) is 33.5. The SMILES string of the molecule is CC(C)(C)OC(=O)NCC1CCC(c2ccc(NC(=O)C(=O)O)cc2)CC1. The van der Waals surface area contributed by atoms with Crippen molar-refractivity contribution in [3.63, 3.8) is 0 Å². The Hall–Kier alpha value is -2.57. The highest BCUT2D eigenvalue weighted by molar-refractivity contribution is 6.36. The zero-order valence-corrected chi connectivity index (χ0v) is 16.1. The lowest BCUT2D eigenvalue weighted by Crippen LogP contribution is -2.36. The number of amides is 2. The van der Waals surface area contributed by atoms with Crippen LogP contribution < -0.4 is 10.6 Å². The number of carbonyl (C=O) groups is 3. The predicted molar refractivity (Wildman–Crippen MR) is 102 cm³/mol. The van der Waals surface area contributed by atoms with Crippen molar-refractivity contribution in [1.82, 2.24) is 5.32 Å². The van der Waals surface area contributed by atoms with Gasteiger partial charge in [0.2, 0.25) is 0 Å². The zero-order chi connectivity index (χ0) is 20.0. The number of carboxylic acid groups (broad SMARTS) is 1. The van der Waals surface area contributed by atoms with Crippen LogP contribution in [0.5, 0.6) is 0 Å². The van der Waals surface area contributed by atoms with Gasteiger partial charge in [-0.3, -0.25) is 4.79 Å². The summed E-state index contributed by atoms with van der Waals surface area (Å²) >= 11 is 0. The second-order valence-corrected chi connectivity index (χ2v) is 7.98. The van der Waals surface area contributed by atoms with Crippen LogP contribution in [0.25, 0.3) is 0 Å². The quantitative estimate of drug-likeness (QED) is 0.698. The Labute approximate surface area is 159 Å². The molecule has 0 radical (unpaired) electrons. The van der Waals surface area contributed by atoms with Crippen LogP contribution in [-0.4, -0.2) is 35.2 Å². The normalized spacial score (nSPS) is 19.8. The maximum atomic E-state index is 11.7. The Balaban J connectivity index is 1.77. The third-order valence-electron chi connectivity index (χ3n) is 4.61. The molecule has 7 heteroatoms. The Morgan fingerprint density at radius 3 is 2.19 bits per heavy atom. The van der Waals surface area contributed by atoms with Crippen LogP contribution in [0.4, 0.5) is 10.5 Å². The van der Waals surface area contributed by atoms with Gasteiger partial charge in [-0.2, -0.15) is 0 Å². The molecular weight excluding hydrogens is 348 g/mol. The first-order valence-electron chi connectivity index (χ1n) is 9.25. The van der Waals surface area contributed by atoms with E-state index < -0.39 is 17.5 Å². The summed E-state index contributed by atoms with van der Waals surface area (Å²) in [5, 5.41) is 13.8. The maximum Gasteiger partial charge on any atom is 0.407 e. The van der Waals surface area contributed by atoms with Gasteiger partial charge in [-0.15, -0.1) is 0 Å². The van der Waals surface area contributed by atoms with Crippen LogP contribution in [0.1, 0.15) is 57.9 Å². The average molecular weight is 376 g/mol. The Morgan fingerprint density at radius 1 is 1.07 bits per heavy atom. The number of carbonyl (C=O) groups excluding carboxylic acids is 2. The third-order valence-corrected chi connectivity index (χ3v) is 4.61. The predicted octanol–water partition coefficient (Wildman–Crippen LogP) is 3.51. The van der Waals surface area contributed by atoms with Crippen molar-refractivity contribution < 1.29 is 24.2 Å². The van der Waals surface area contributed by atoms with Crippen molar-refractivity contribution in [3.05, 3.63) is 29.8 Å². The fourth-order valence-corrected chi connectivity index (χ4v) is 3.26. The number of alkyl carbamates (subject to hydrolysis) is 1. The van der Waals surface area contributed by atoms with E-state index in [1.165, 1.54) is 5.56 Å². The molecule has 27 heavy (non-hydrogen) atoms. The molecule has 7 nitrogen and oxygen atoms in total. The van der Waals surface area contributed by atoms with E-state index in [-0.39, 0.29) is 6.09 Å². The maximum absolute atomic E-state index is 11.7. The minimum atomic E-state index is -1.50. The molecule has 1 aliphatic rings. The second kappa shape index (κ2) is 8.88. The highest BCUT2D eigenvalue weighted by Gasteiger charge is 2.24. The number of anilines is 1. The van der Waals surface area contributed by atoms with Gasteiger partial charge in [-0.1, -0.05) is 12.1 Å². The molecule has 0 aromatic heterocycles. The molecule has 0 bridgehead atoms. The number of ether oxygens (including phenoxy) is 1. The number of aliphatic carboxylic acids is 1. The van der Waals surface area contributed by atoms with Crippen molar-refractivity contribution in [2.75, 3.05) is 11.9 Å². The van der Waals surface area contributed by atoms with Gasteiger partial charge in [-0.05, 0) is 76.0 Å². The first-order chi connectivity index (χ1) is 12.6. The molecular formula is C20H28N2O5. The van der Waals surface area contributed by atoms with Gasteiger partial charge >= 0.3 is 18.0 Å². The molecule has 0 spiro atoms. The topological polar surface area (TPSA) is 105 Å². The van der Waals surface area contributed by atoms with Crippen molar-refractivity contribution in [1.29, 1.82) is 0 Å². The van der Waals surface area contributed by atoms with E-state index in [9.17, 15) is 14.4 Å². The molecule has 148 valence electrons. The lowest BCUT2D eigenvalue weighted by atomic mass is 9.78. The molecule has 2 amide bonds. The summed E-state index contributed by atoms with van der Waals surface area (Å²) in [5.74, 6) is -1.66. The standard InChI is InChI=1S/C20H28N2O5/c1-20(2,3)27-19(26)21-12-13-4-6-14(7-5-13)15-8-10-16(11-9-15)22-17(23)18(24)25/h8-11,13-14H,4-7,12H2,1-3H3,(H,21,26)(H,22,23)(H,24,25). The van der Waals surface area contributed by atoms with E-state index in [2.05, 4.69) is 10.6 Å². The Morgan fingerprint density at radius 2 is 1.67 bits per heavy atom. The van der Waals surface area contributed by atoms with Gasteiger partial charge in [0, 0.05) is 12.2 Å². The number of carboxylic acids is 1. The van der Waals surface area contributed by atoms with Crippen LogP contribution in [0.2, 0.25) is 0 Å². The lowest BCUT2D eigenvalue weighted by molar-refractivity contribution is -0.147. The molecule has 1 aliphatic carbocycles. The summed E-state index contributed by atoms with van der Waals surface area (Å²) in [6.45, 7) is 6.16. The summed E-state index contributed by atoms with van der Waals surface area (Å²) in [6.07, 6.45) is 3.74.